The van der Waals surface area contributed by atoms with Gasteiger partial charge in [-0.2, -0.15) is 0 Å². The zero-order valence-corrected chi connectivity index (χ0v) is 10.4. The van der Waals surface area contributed by atoms with Crippen molar-refractivity contribution in [3.63, 3.8) is 0 Å². The van der Waals surface area contributed by atoms with Crippen molar-refractivity contribution in [1.29, 1.82) is 0 Å². The fraction of sp³-hybridized carbons (Fsp3) is 1.00. The second-order valence-corrected chi connectivity index (χ2v) is 4.91. The molecule has 1 nitrogen and oxygen atoms in total. The zero-order chi connectivity index (χ0) is 11.0. The van der Waals surface area contributed by atoms with E-state index < -0.39 is 0 Å². The van der Waals surface area contributed by atoms with E-state index in [1.807, 2.05) is 0 Å². The van der Waals surface area contributed by atoms with E-state index in [2.05, 4.69) is 27.7 Å². The third-order valence-electron chi connectivity index (χ3n) is 2.91. The van der Waals surface area contributed by atoms with Crippen LogP contribution >= 0.6 is 0 Å². The standard InChI is InChI=1S/C12H27BO/c1-5-7-11(3)9-13(14)10-12(4)8-6-2/h11-12,14H,5-10H2,1-4H3. The lowest BCUT2D eigenvalue weighted by Gasteiger charge is -2.16. The van der Waals surface area contributed by atoms with Crippen molar-refractivity contribution in [1.82, 2.24) is 0 Å². The van der Waals surface area contributed by atoms with E-state index in [9.17, 15) is 5.02 Å². The van der Waals surface area contributed by atoms with Gasteiger partial charge in [-0.1, -0.05) is 53.4 Å². The number of hydrogen-bond acceptors (Lipinski definition) is 1. The van der Waals surface area contributed by atoms with Gasteiger partial charge in [-0.05, 0) is 24.5 Å². The molecule has 0 aromatic rings. The van der Waals surface area contributed by atoms with Crippen molar-refractivity contribution in [2.24, 2.45) is 11.8 Å². The summed E-state index contributed by atoms with van der Waals surface area (Å²) in [5, 5.41) is 9.84. The maximum absolute atomic E-state index is 9.84. The molecule has 84 valence electrons. The molecule has 0 saturated heterocycles. The van der Waals surface area contributed by atoms with Gasteiger partial charge in [-0.25, -0.2) is 0 Å². The SMILES string of the molecule is CCCC(C)CB(O)CC(C)CCC. The Bertz CT molecular complexity index is 113. The van der Waals surface area contributed by atoms with E-state index >= 15 is 0 Å². The van der Waals surface area contributed by atoms with Crippen LogP contribution in [0.3, 0.4) is 0 Å². The molecule has 0 amide bonds. The predicted octanol–water partition coefficient (Wildman–Crippen LogP) is 3.84. The van der Waals surface area contributed by atoms with Crippen LogP contribution in [0.2, 0.25) is 12.6 Å². The molecular weight excluding hydrogens is 171 g/mol. The van der Waals surface area contributed by atoms with Gasteiger partial charge in [0.1, 0.15) is 0 Å². The first-order chi connectivity index (χ1) is 6.60. The summed E-state index contributed by atoms with van der Waals surface area (Å²) in [5.74, 6) is 1.37. The monoisotopic (exact) mass is 198 g/mol. The first kappa shape index (κ1) is 14.0. The van der Waals surface area contributed by atoms with E-state index in [-0.39, 0.29) is 6.92 Å². The summed E-state index contributed by atoms with van der Waals surface area (Å²) in [6.45, 7) is 8.85. The first-order valence-electron chi connectivity index (χ1n) is 6.28. The summed E-state index contributed by atoms with van der Waals surface area (Å²) in [5.41, 5.74) is 0. The lowest BCUT2D eigenvalue weighted by atomic mass is 9.55. The van der Waals surface area contributed by atoms with Crippen LogP contribution in [0, 0.1) is 11.8 Å². The summed E-state index contributed by atoms with van der Waals surface area (Å²) in [7, 11) is 0. The summed E-state index contributed by atoms with van der Waals surface area (Å²) >= 11 is 0. The third kappa shape index (κ3) is 7.43. The van der Waals surface area contributed by atoms with Crippen LogP contribution in [0.4, 0.5) is 0 Å². The molecule has 0 radical (unpaired) electrons. The molecular formula is C12H27BO. The quantitative estimate of drug-likeness (QED) is 0.587. The molecule has 0 saturated carbocycles. The Morgan fingerprint density at radius 3 is 1.57 bits per heavy atom. The highest BCUT2D eigenvalue weighted by Crippen LogP contribution is 2.19. The Labute approximate surface area is 90.4 Å². The molecule has 0 aliphatic rings. The zero-order valence-electron chi connectivity index (χ0n) is 10.4. The van der Waals surface area contributed by atoms with Crippen LogP contribution in [0.25, 0.3) is 0 Å². The normalized spacial score (nSPS) is 15.2. The smallest absolute Gasteiger partial charge is 0.289 e. The molecule has 0 aromatic heterocycles. The Morgan fingerprint density at radius 2 is 1.29 bits per heavy atom. The number of hydrogen-bond donors (Lipinski definition) is 1. The molecule has 0 bridgehead atoms. The number of rotatable bonds is 8. The van der Waals surface area contributed by atoms with Crippen molar-refractivity contribution >= 4 is 6.92 Å². The highest BCUT2D eigenvalue weighted by atomic mass is 16.2. The fourth-order valence-electron chi connectivity index (χ4n) is 2.25. The van der Waals surface area contributed by atoms with Crippen molar-refractivity contribution in [2.75, 3.05) is 0 Å². The summed E-state index contributed by atoms with van der Waals surface area (Å²) in [4.78, 5) is 0. The molecule has 0 heterocycles. The van der Waals surface area contributed by atoms with Crippen molar-refractivity contribution in [2.45, 2.75) is 66.0 Å². The molecule has 0 aliphatic heterocycles. The van der Waals surface area contributed by atoms with Gasteiger partial charge in [0, 0.05) is 0 Å². The Kier molecular flexibility index (Phi) is 8.36. The van der Waals surface area contributed by atoms with Gasteiger partial charge in [0.05, 0.1) is 0 Å². The maximum atomic E-state index is 9.84. The molecule has 0 fully saturated rings. The highest BCUT2D eigenvalue weighted by molar-refractivity contribution is 6.50. The van der Waals surface area contributed by atoms with Crippen LogP contribution in [-0.2, 0) is 0 Å². The van der Waals surface area contributed by atoms with Crippen molar-refractivity contribution < 1.29 is 5.02 Å². The average molecular weight is 198 g/mol. The molecule has 2 unspecified atom stereocenters. The Morgan fingerprint density at radius 1 is 0.929 bits per heavy atom. The van der Waals surface area contributed by atoms with Crippen LogP contribution in [0.1, 0.15) is 53.4 Å². The second-order valence-electron chi connectivity index (χ2n) is 4.91. The molecule has 1 N–H and O–H groups in total. The van der Waals surface area contributed by atoms with Crippen molar-refractivity contribution in [3.05, 3.63) is 0 Å². The minimum absolute atomic E-state index is 0.0712. The molecule has 2 atom stereocenters. The van der Waals surface area contributed by atoms with E-state index in [1.165, 1.54) is 25.7 Å². The topological polar surface area (TPSA) is 20.2 Å². The maximum Gasteiger partial charge on any atom is 0.289 e. The molecule has 14 heavy (non-hydrogen) atoms. The van der Waals surface area contributed by atoms with Gasteiger partial charge >= 0.3 is 0 Å². The molecule has 0 spiro atoms. The lowest BCUT2D eigenvalue weighted by Crippen LogP contribution is -2.18. The van der Waals surface area contributed by atoms with Gasteiger partial charge in [-0.3, -0.25) is 0 Å². The molecule has 0 rings (SSSR count). The summed E-state index contributed by atoms with van der Waals surface area (Å²) in [6, 6.07) is 0. The van der Waals surface area contributed by atoms with Crippen LogP contribution in [-0.4, -0.2) is 11.9 Å². The van der Waals surface area contributed by atoms with E-state index in [0.29, 0.717) is 11.8 Å². The van der Waals surface area contributed by atoms with Gasteiger partial charge in [-0.15, -0.1) is 0 Å². The van der Waals surface area contributed by atoms with Crippen molar-refractivity contribution in [3.8, 4) is 0 Å². The van der Waals surface area contributed by atoms with E-state index in [1.54, 1.807) is 0 Å². The largest absolute Gasteiger partial charge is 0.450 e. The lowest BCUT2D eigenvalue weighted by molar-refractivity contribution is 0.481. The minimum atomic E-state index is -0.0712. The highest BCUT2D eigenvalue weighted by Gasteiger charge is 2.17. The fourth-order valence-corrected chi connectivity index (χ4v) is 2.25. The Hall–Kier alpha value is 0.0249. The predicted molar refractivity (Wildman–Crippen MR) is 65.7 cm³/mol. The van der Waals surface area contributed by atoms with Gasteiger partial charge < -0.3 is 5.02 Å². The second kappa shape index (κ2) is 8.34. The van der Waals surface area contributed by atoms with Crippen LogP contribution in [0.15, 0.2) is 0 Å². The van der Waals surface area contributed by atoms with Gasteiger partial charge in [0.25, 0.3) is 6.92 Å². The van der Waals surface area contributed by atoms with E-state index in [0.717, 1.165) is 12.6 Å². The van der Waals surface area contributed by atoms with E-state index in [4.69, 9.17) is 0 Å². The third-order valence-corrected chi connectivity index (χ3v) is 2.91. The van der Waals surface area contributed by atoms with Gasteiger partial charge in [0.15, 0.2) is 0 Å². The first-order valence-corrected chi connectivity index (χ1v) is 6.28. The molecule has 2 heteroatoms. The summed E-state index contributed by atoms with van der Waals surface area (Å²) < 4.78 is 0. The average Bonchev–Trinajstić information content (AvgIpc) is 2.03. The summed E-state index contributed by atoms with van der Waals surface area (Å²) in [6.07, 6.45) is 6.94. The van der Waals surface area contributed by atoms with Crippen LogP contribution in [0.5, 0.6) is 0 Å². The minimum Gasteiger partial charge on any atom is -0.450 e. The Balaban J connectivity index is 3.57. The van der Waals surface area contributed by atoms with Gasteiger partial charge in [0.2, 0.25) is 0 Å². The van der Waals surface area contributed by atoms with Crippen LogP contribution < -0.4 is 0 Å². The molecule has 0 aromatic carbocycles. The molecule has 0 aliphatic carbocycles.